The molecule has 0 unspecified atom stereocenters. The van der Waals surface area contributed by atoms with E-state index in [-0.39, 0.29) is 11.9 Å². The fraction of sp³-hybridized carbons (Fsp3) is 0.429. The van der Waals surface area contributed by atoms with Crippen LogP contribution in [-0.2, 0) is 0 Å². The van der Waals surface area contributed by atoms with Gasteiger partial charge in [0.2, 0.25) is 0 Å². The zero-order valence-corrected chi connectivity index (χ0v) is 16.1. The van der Waals surface area contributed by atoms with Crippen molar-refractivity contribution in [2.75, 3.05) is 26.1 Å². The Morgan fingerprint density at radius 1 is 1.07 bits per heavy atom. The van der Waals surface area contributed by atoms with E-state index < -0.39 is 5.82 Å². The van der Waals surface area contributed by atoms with Gasteiger partial charge in [-0.25, -0.2) is 4.39 Å². The molecular formula is C21H24FNO3S. The Kier molecular flexibility index (Phi) is 5.45. The van der Waals surface area contributed by atoms with Crippen LogP contribution in [0.5, 0.6) is 17.2 Å². The summed E-state index contributed by atoms with van der Waals surface area (Å²) in [6.45, 7) is 2.14. The minimum Gasteiger partial charge on any atom is -0.505 e. The van der Waals surface area contributed by atoms with Gasteiger partial charge >= 0.3 is 0 Å². The SMILES string of the molecule is COc1ccc(O[C@H]2C[C@@H]3CN(CSc4ccc(O)c(F)c4)C[C@@H]3C2)cc1. The number of thioether (sulfide) groups is 1. The first-order chi connectivity index (χ1) is 13.1. The van der Waals surface area contributed by atoms with Crippen LogP contribution in [0.25, 0.3) is 0 Å². The maximum atomic E-state index is 13.4. The average molecular weight is 389 g/mol. The Labute approximate surface area is 163 Å². The summed E-state index contributed by atoms with van der Waals surface area (Å²) in [6.07, 6.45) is 2.46. The van der Waals surface area contributed by atoms with Gasteiger partial charge in [-0.1, -0.05) is 0 Å². The first kappa shape index (κ1) is 18.4. The van der Waals surface area contributed by atoms with E-state index in [0.29, 0.717) is 11.8 Å². The molecule has 4 nitrogen and oxygen atoms in total. The number of methoxy groups -OCH3 is 1. The van der Waals surface area contributed by atoms with E-state index in [1.165, 1.54) is 12.1 Å². The zero-order chi connectivity index (χ0) is 18.8. The van der Waals surface area contributed by atoms with Crippen molar-refractivity contribution in [1.29, 1.82) is 0 Å². The molecule has 2 fully saturated rings. The normalized spacial score (nSPS) is 24.7. The molecule has 1 aliphatic heterocycles. The number of halogens is 1. The van der Waals surface area contributed by atoms with Crippen LogP contribution >= 0.6 is 11.8 Å². The Hall–Kier alpha value is -1.92. The molecule has 0 amide bonds. The number of phenolic OH excluding ortho intramolecular Hbond substituents is 1. The number of benzene rings is 2. The predicted molar refractivity (Wildman–Crippen MR) is 104 cm³/mol. The predicted octanol–water partition coefficient (Wildman–Crippen LogP) is 4.38. The lowest BCUT2D eigenvalue weighted by atomic mass is 10.0. The molecule has 2 aromatic rings. The van der Waals surface area contributed by atoms with Gasteiger partial charge in [-0.3, -0.25) is 4.90 Å². The molecule has 0 bridgehead atoms. The van der Waals surface area contributed by atoms with E-state index in [1.807, 2.05) is 24.3 Å². The maximum Gasteiger partial charge on any atom is 0.165 e. The number of likely N-dealkylation sites (tertiary alicyclic amines) is 1. The largest absolute Gasteiger partial charge is 0.505 e. The third-order valence-corrected chi connectivity index (χ3v) is 6.56. The molecule has 1 N–H and O–H groups in total. The van der Waals surface area contributed by atoms with Gasteiger partial charge in [-0.15, -0.1) is 11.8 Å². The Balaban J connectivity index is 1.24. The third kappa shape index (κ3) is 4.33. The van der Waals surface area contributed by atoms with Crippen LogP contribution in [0, 0.1) is 17.7 Å². The summed E-state index contributed by atoms with van der Waals surface area (Å²) >= 11 is 1.62. The Morgan fingerprint density at radius 2 is 1.74 bits per heavy atom. The summed E-state index contributed by atoms with van der Waals surface area (Å²) in [5.41, 5.74) is 0. The third-order valence-electron chi connectivity index (χ3n) is 5.48. The summed E-state index contributed by atoms with van der Waals surface area (Å²) in [5, 5.41) is 9.28. The van der Waals surface area contributed by atoms with E-state index in [4.69, 9.17) is 9.47 Å². The van der Waals surface area contributed by atoms with Crippen LogP contribution in [0.3, 0.4) is 0 Å². The van der Waals surface area contributed by atoms with E-state index >= 15 is 0 Å². The van der Waals surface area contributed by atoms with Crippen molar-refractivity contribution in [3.63, 3.8) is 0 Å². The number of phenols is 1. The fourth-order valence-corrected chi connectivity index (χ4v) is 5.03. The number of hydrogen-bond acceptors (Lipinski definition) is 5. The van der Waals surface area contributed by atoms with E-state index in [9.17, 15) is 9.50 Å². The lowest BCUT2D eigenvalue weighted by Gasteiger charge is -2.19. The summed E-state index contributed by atoms with van der Waals surface area (Å²) in [5.74, 6) is 3.08. The van der Waals surface area contributed by atoms with Gasteiger partial charge in [0.15, 0.2) is 11.6 Å². The molecule has 1 saturated heterocycles. The van der Waals surface area contributed by atoms with Crippen LogP contribution in [0.1, 0.15) is 12.8 Å². The van der Waals surface area contributed by atoms with Gasteiger partial charge in [0.05, 0.1) is 13.2 Å². The van der Waals surface area contributed by atoms with Gasteiger partial charge in [-0.2, -0.15) is 0 Å². The Bertz CT molecular complexity index is 771. The molecule has 144 valence electrons. The second-order valence-corrected chi connectivity index (χ2v) is 8.35. The number of aromatic hydroxyl groups is 1. The monoisotopic (exact) mass is 389 g/mol. The summed E-state index contributed by atoms with van der Waals surface area (Å²) in [4.78, 5) is 3.29. The number of hydrogen-bond donors (Lipinski definition) is 1. The van der Waals surface area contributed by atoms with E-state index in [1.54, 1.807) is 24.9 Å². The van der Waals surface area contributed by atoms with Crippen LogP contribution in [-0.4, -0.2) is 42.2 Å². The molecule has 4 rings (SSSR count). The van der Waals surface area contributed by atoms with E-state index in [0.717, 1.165) is 48.2 Å². The van der Waals surface area contributed by atoms with E-state index in [2.05, 4.69) is 4.90 Å². The van der Waals surface area contributed by atoms with Gasteiger partial charge in [0.25, 0.3) is 0 Å². The zero-order valence-electron chi connectivity index (χ0n) is 15.3. The number of nitrogens with zero attached hydrogens (tertiary/aromatic N) is 1. The standard InChI is InChI=1S/C21H24FNO3S/c1-25-16-2-4-17(5-3-16)26-18-8-14-11-23(12-15(14)9-18)13-27-19-6-7-21(24)20(22)10-19/h2-7,10,14-15,18,24H,8-9,11-13H2,1H3/t14-,15+,18+. The van der Waals surface area contributed by atoms with Crippen molar-refractivity contribution in [3.8, 4) is 17.2 Å². The molecule has 1 saturated carbocycles. The quantitative estimate of drug-likeness (QED) is 0.743. The van der Waals surface area contributed by atoms with Crippen molar-refractivity contribution in [1.82, 2.24) is 4.90 Å². The van der Waals surface area contributed by atoms with Crippen molar-refractivity contribution in [3.05, 3.63) is 48.3 Å². The van der Waals surface area contributed by atoms with Crippen LogP contribution in [0.2, 0.25) is 0 Å². The topological polar surface area (TPSA) is 41.9 Å². The Morgan fingerprint density at radius 3 is 2.37 bits per heavy atom. The minimum absolute atomic E-state index is 0.286. The molecule has 3 atom stereocenters. The van der Waals surface area contributed by atoms with Crippen LogP contribution < -0.4 is 9.47 Å². The lowest BCUT2D eigenvalue weighted by Crippen LogP contribution is -2.24. The highest BCUT2D eigenvalue weighted by molar-refractivity contribution is 7.99. The van der Waals surface area contributed by atoms with Gasteiger partial charge in [0.1, 0.15) is 11.5 Å². The van der Waals surface area contributed by atoms with Gasteiger partial charge < -0.3 is 14.6 Å². The van der Waals surface area contributed by atoms with Gasteiger partial charge in [-0.05, 0) is 67.1 Å². The molecule has 2 aromatic carbocycles. The highest BCUT2D eigenvalue weighted by atomic mass is 32.2. The molecule has 0 spiro atoms. The van der Waals surface area contributed by atoms with Crippen molar-refractivity contribution >= 4 is 11.8 Å². The number of fused-ring (bicyclic) bond motifs is 1. The lowest BCUT2D eigenvalue weighted by molar-refractivity contribution is 0.189. The van der Waals surface area contributed by atoms with Crippen molar-refractivity contribution < 1.29 is 19.0 Å². The summed E-state index contributed by atoms with van der Waals surface area (Å²) < 4.78 is 24.8. The highest BCUT2D eigenvalue weighted by Crippen LogP contribution is 2.40. The van der Waals surface area contributed by atoms with Crippen molar-refractivity contribution in [2.45, 2.75) is 23.8 Å². The number of ether oxygens (including phenoxy) is 2. The van der Waals surface area contributed by atoms with Gasteiger partial charge in [0, 0.05) is 23.9 Å². The fourth-order valence-electron chi connectivity index (χ4n) is 4.13. The molecule has 1 heterocycles. The molecule has 0 radical (unpaired) electrons. The summed E-state index contributed by atoms with van der Waals surface area (Å²) in [6, 6.07) is 12.4. The average Bonchev–Trinajstić information content (AvgIpc) is 3.21. The molecule has 2 aliphatic rings. The molecular weight excluding hydrogens is 365 g/mol. The summed E-state index contributed by atoms with van der Waals surface area (Å²) in [7, 11) is 1.66. The minimum atomic E-state index is -0.559. The molecule has 0 aromatic heterocycles. The second-order valence-electron chi connectivity index (χ2n) is 7.33. The van der Waals surface area contributed by atoms with Crippen LogP contribution in [0.4, 0.5) is 4.39 Å². The highest BCUT2D eigenvalue weighted by Gasteiger charge is 2.41. The van der Waals surface area contributed by atoms with Crippen molar-refractivity contribution in [2.24, 2.45) is 11.8 Å². The molecule has 27 heavy (non-hydrogen) atoms. The maximum absolute atomic E-state index is 13.4. The first-order valence-electron chi connectivity index (χ1n) is 9.25. The second kappa shape index (κ2) is 7.98. The van der Waals surface area contributed by atoms with Crippen LogP contribution in [0.15, 0.2) is 47.4 Å². The molecule has 6 heteroatoms. The molecule has 1 aliphatic carbocycles. The first-order valence-corrected chi connectivity index (χ1v) is 10.2. The smallest absolute Gasteiger partial charge is 0.165 e. The number of rotatable bonds is 6.